The molecule has 0 radical (unpaired) electrons. The summed E-state index contributed by atoms with van der Waals surface area (Å²) in [7, 11) is 0. The molecule has 1 amide bonds. The van der Waals surface area contributed by atoms with E-state index in [1.54, 1.807) is 11.3 Å². The van der Waals surface area contributed by atoms with E-state index < -0.39 is 0 Å². The maximum Gasteiger partial charge on any atom is 0.220 e. The standard InChI is InChI=1S/C11H17N3OS/c1-11(2,10-12-5-6-16-10)13-7-8-3-4-9(15)14-8/h5-6,8,13H,3-4,7H2,1-2H3,(H,14,15). The van der Waals surface area contributed by atoms with Gasteiger partial charge in [-0.25, -0.2) is 4.98 Å². The Balaban J connectivity index is 1.87. The highest BCUT2D eigenvalue weighted by atomic mass is 32.1. The van der Waals surface area contributed by atoms with Crippen molar-refractivity contribution < 1.29 is 4.79 Å². The summed E-state index contributed by atoms with van der Waals surface area (Å²) >= 11 is 1.65. The summed E-state index contributed by atoms with van der Waals surface area (Å²) in [5.41, 5.74) is -0.124. The van der Waals surface area contributed by atoms with Crippen LogP contribution in [0.5, 0.6) is 0 Å². The maximum atomic E-state index is 11.1. The first-order valence-electron chi connectivity index (χ1n) is 5.52. The molecule has 0 bridgehead atoms. The molecule has 1 saturated heterocycles. The molecule has 0 spiro atoms. The average molecular weight is 239 g/mol. The minimum atomic E-state index is -0.124. The van der Waals surface area contributed by atoms with E-state index in [2.05, 4.69) is 29.5 Å². The van der Waals surface area contributed by atoms with E-state index in [-0.39, 0.29) is 17.5 Å². The summed E-state index contributed by atoms with van der Waals surface area (Å²) in [6.45, 7) is 5.03. The van der Waals surface area contributed by atoms with Gasteiger partial charge in [-0.05, 0) is 20.3 Å². The number of nitrogens with zero attached hydrogens (tertiary/aromatic N) is 1. The molecule has 4 nitrogen and oxygen atoms in total. The highest BCUT2D eigenvalue weighted by Gasteiger charge is 2.26. The number of carbonyl (C=O) groups is 1. The van der Waals surface area contributed by atoms with Crippen LogP contribution < -0.4 is 10.6 Å². The van der Waals surface area contributed by atoms with Gasteiger partial charge in [0.15, 0.2) is 0 Å². The van der Waals surface area contributed by atoms with Crippen molar-refractivity contribution in [3.8, 4) is 0 Å². The summed E-state index contributed by atoms with van der Waals surface area (Å²) in [5, 5.41) is 9.47. The Labute approximate surface area is 99.5 Å². The van der Waals surface area contributed by atoms with Crippen LogP contribution in [0.1, 0.15) is 31.7 Å². The van der Waals surface area contributed by atoms with Crippen LogP contribution in [-0.2, 0) is 10.3 Å². The van der Waals surface area contributed by atoms with Gasteiger partial charge in [0.25, 0.3) is 0 Å². The van der Waals surface area contributed by atoms with Gasteiger partial charge in [0.1, 0.15) is 5.01 Å². The van der Waals surface area contributed by atoms with Crippen molar-refractivity contribution in [3.63, 3.8) is 0 Å². The molecule has 1 aliphatic rings. The Morgan fingerprint density at radius 2 is 2.50 bits per heavy atom. The summed E-state index contributed by atoms with van der Waals surface area (Å²) in [6, 6.07) is 0.270. The molecule has 16 heavy (non-hydrogen) atoms. The van der Waals surface area contributed by atoms with Crippen molar-refractivity contribution in [2.75, 3.05) is 6.54 Å². The summed E-state index contributed by atoms with van der Waals surface area (Å²) in [4.78, 5) is 15.4. The number of aromatic nitrogens is 1. The third-order valence-corrected chi connectivity index (χ3v) is 3.94. The third kappa shape index (κ3) is 2.59. The van der Waals surface area contributed by atoms with Crippen LogP contribution in [-0.4, -0.2) is 23.5 Å². The highest BCUT2D eigenvalue weighted by molar-refractivity contribution is 7.09. The van der Waals surface area contributed by atoms with E-state index >= 15 is 0 Å². The molecule has 5 heteroatoms. The second-order valence-corrected chi connectivity index (χ2v) is 5.54. The van der Waals surface area contributed by atoms with E-state index in [9.17, 15) is 4.79 Å². The van der Waals surface area contributed by atoms with Crippen molar-refractivity contribution in [3.05, 3.63) is 16.6 Å². The van der Waals surface area contributed by atoms with Crippen molar-refractivity contribution in [1.29, 1.82) is 0 Å². The first-order valence-corrected chi connectivity index (χ1v) is 6.40. The predicted octanol–water partition coefficient (Wildman–Crippen LogP) is 1.25. The van der Waals surface area contributed by atoms with Crippen molar-refractivity contribution in [1.82, 2.24) is 15.6 Å². The van der Waals surface area contributed by atoms with Crippen molar-refractivity contribution in [2.24, 2.45) is 0 Å². The number of rotatable bonds is 4. The Kier molecular flexibility index (Phi) is 3.25. The summed E-state index contributed by atoms with van der Waals surface area (Å²) < 4.78 is 0. The molecule has 88 valence electrons. The topological polar surface area (TPSA) is 54.0 Å². The van der Waals surface area contributed by atoms with Crippen LogP contribution in [0.15, 0.2) is 11.6 Å². The zero-order valence-electron chi connectivity index (χ0n) is 9.62. The lowest BCUT2D eigenvalue weighted by Crippen LogP contribution is -2.44. The van der Waals surface area contributed by atoms with E-state index in [0.29, 0.717) is 6.42 Å². The molecule has 0 aliphatic carbocycles. The Hall–Kier alpha value is -0.940. The van der Waals surface area contributed by atoms with Crippen LogP contribution >= 0.6 is 11.3 Å². The van der Waals surface area contributed by atoms with Crippen LogP contribution in [0.2, 0.25) is 0 Å². The van der Waals surface area contributed by atoms with Gasteiger partial charge >= 0.3 is 0 Å². The first kappa shape index (κ1) is 11.5. The molecule has 1 aliphatic heterocycles. The molecule has 1 aromatic rings. The Morgan fingerprint density at radius 1 is 1.69 bits per heavy atom. The molecule has 1 aromatic heterocycles. The van der Waals surface area contributed by atoms with Gasteiger partial charge in [-0.15, -0.1) is 11.3 Å². The van der Waals surface area contributed by atoms with Crippen LogP contribution in [0.4, 0.5) is 0 Å². The normalized spacial score (nSPS) is 21.1. The van der Waals surface area contributed by atoms with Gasteiger partial charge < -0.3 is 10.6 Å². The molecular weight excluding hydrogens is 222 g/mol. The number of thiazole rings is 1. The molecular formula is C11H17N3OS. The van der Waals surface area contributed by atoms with E-state index in [4.69, 9.17) is 0 Å². The molecule has 1 fully saturated rings. The van der Waals surface area contributed by atoms with Gasteiger partial charge in [-0.2, -0.15) is 0 Å². The number of carbonyl (C=O) groups excluding carboxylic acids is 1. The fourth-order valence-corrected chi connectivity index (χ4v) is 2.56. The van der Waals surface area contributed by atoms with E-state index in [1.165, 1.54) is 0 Å². The first-order chi connectivity index (χ1) is 7.58. The molecule has 2 rings (SSSR count). The Morgan fingerprint density at radius 3 is 3.06 bits per heavy atom. The van der Waals surface area contributed by atoms with Gasteiger partial charge in [0.2, 0.25) is 5.91 Å². The zero-order chi connectivity index (χ0) is 11.6. The summed E-state index contributed by atoms with van der Waals surface area (Å²) in [5.74, 6) is 0.166. The molecule has 1 unspecified atom stereocenters. The quantitative estimate of drug-likeness (QED) is 0.831. The second-order valence-electron chi connectivity index (χ2n) is 4.65. The van der Waals surface area contributed by atoms with Gasteiger partial charge in [-0.1, -0.05) is 0 Å². The van der Waals surface area contributed by atoms with Gasteiger partial charge in [0, 0.05) is 30.6 Å². The molecule has 0 saturated carbocycles. The number of nitrogens with one attached hydrogen (secondary N) is 2. The Bertz CT molecular complexity index is 361. The minimum absolute atomic E-state index is 0.124. The smallest absolute Gasteiger partial charge is 0.220 e. The molecule has 1 atom stereocenters. The van der Waals surface area contributed by atoms with Gasteiger partial charge in [0.05, 0.1) is 5.54 Å². The SMILES string of the molecule is CC(C)(NCC1CCC(=O)N1)c1nccs1. The largest absolute Gasteiger partial charge is 0.352 e. The average Bonchev–Trinajstić information content (AvgIpc) is 2.85. The second kappa shape index (κ2) is 4.51. The lowest BCUT2D eigenvalue weighted by Gasteiger charge is -2.25. The van der Waals surface area contributed by atoms with Gasteiger partial charge in [-0.3, -0.25) is 4.79 Å². The lowest BCUT2D eigenvalue weighted by atomic mass is 10.1. The zero-order valence-corrected chi connectivity index (χ0v) is 10.4. The fraction of sp³-hybridized carbons (Fsp3) is 0.636. The van der Waals surface area contributed by atoms with Crippen molar-refractivity contribution in [2.45, 2.75) is 38.3 Å². The summed E-state index contributed by atoms with van der Waals surface area (Å²) in [6.07, 6.45) is 3.41. The molecule has 2 N–H and O–H groups in total. The predicted molar refractivity (Wildman–Crippen MR) is 64.3 cm³/mol. The third-order valence-electron chi connectivity index (χ3n) is 2.84. The molecule has 0 aromatic carbocycles. The van der Waals surface area contributed by atoms with E-state index in [0.717, 1.165) is 18.0 Å². The monoisotopic (exact) mass is 239 g/mol. The van der Waals surface area contributed by atoms with Crippen molar-refractivity contribution >= 4 is 17.2 Å². The fourth-order valence-electron chi connectivity index (χ4n) is 1.82. The van der Waals surface area contributed by atoms with Crippen LogP contribution in [0.3, 0.4) is 0 Å². The minimum Gasteiger partial charge on any atom is -0.352 e. The number of amides is 1. The molecule has 2 heterocycles. The van der Waals surface area contributed by atoms with Crippen LogP contribution in [0.25, 0.3) is 0 Å². The number of hydrogen-bond donors (Lipinski definition) is 2. The van der Waals surface area contributed by atoms with Crippen LogP contribution in [0, 0.1) is 0 Å². The number of hydrogen-bond acceptors (Lipinski definition) is 4. The van der Waals surface area contributed by atoms with E-state index in [1.807, 2.05) is 11.6 Å². The maximum absolute atomic E-state index is 11.1. The highest BCUT2D eigenvalue weighted by Crippen LogP contribution is 2.22. The lowest BCUT2D eigenvalue weighted by molar-refractivity contribution is -0.119.